The predicted molar refractivity (Wildman–Crippen MR) is 72.8 cm³/mol. The van der Waals surface area contributed by atoms with Crippen molar-refractivity contribution in [3.8, 4) is 0 Å². The first-order chi connectivity index (χ1) is 9.34. The van der Waals surface area contributed by atoms with Crippen LogP contribution < -0.4 is 5.32 Å². The van der Waals surface area contributed by atoms with Gasteiger partial charge in [0.15, 0.2) is 0 Å². The Kier molecular flexibility index (Phi) is 3.87. The summed E-state index contributed by atoms with van der Waals surface area (Å²) in [6, 6.07) is 4.76. The van der Waals surface area contributed by atoms with Gasteiger partial charge in [0.1, 0.15) is 5.76 Å². The Labute approximate surface area is 114 Å². The van der Waals surface area contributed by atoms with Gasteiger partial charge < -0.3 is 14.6 Å². The fourth-order valence-corrected chi connectivity index (χ4v) is 3.39. The van der Waals surface area contributed by atoms with E-state index >= 15 is 0 Å². The highest BCUT2D eigenvalue weighted by Gasteiger charge is 2.35. The number of furan rings is 1. The number of hydrogen-bond donors (Lipinski definition) is 1. The lowest BCUT2D eigenvalue weighted by Gasteiger charge is -2.29. The maximum Gasteiger partial charge on any atom is 0.223 e. The van der Waals surface area contributed by atoms with Crippen molar-refractivity contribution < 1.29 is 9.21 Å². The van der Waals surface area contributed by atoms with Gasteiger partial charge in [-0.3, -0.25) is 4.79 Å². The molecule has 2 unspecified atom stereocenters. The van der Waals surface area contributed by atoms with E-state index in [1.165, 1.54) is 12.8 Å². The van der Waals surface area contributed by atoms with Crippen LogP contribution in [0.15, 0.2) is 22.8 Å². The van der Waals surface area contributed by atoms with Crippen LogP contribution in [0.5, 0.6) is 0 Å². The van der Waals surface area contributed by atoms with E-state index in [1.807, 2.05) is 12.1 Å². The van der Waals surface area contributed by atoms with Gasteiger partial charge in [-0.2, -0.15) is 0 Å². The zero-order chi connectivity index (χ0) is 13.1. The van der Waals surface area contributed by atoms with E-state index in [0.717, 1.165) is 31.7 Å². The maximum absolute atomic E-state index is 12.4. The maximum atomic E-state index is 12.4. The van der Waals surface area contributed by atoms with Crippen molar-refractivity contribution >= 4 is 5.91 Å². The van der Waals surface area contributed by atoms with Crippen molar-refractivity contribution in [1.29, 1.82) is 0 Å². The third kappa shape index (κ3) is 2.84. The number of carbonyl (C=O) groups excluding carboxylic acids is 1. The molecule has 1 amide bonds. The summed E-state index contributed by atoms with van der Waals surface area (Å²) in [7, 11) is 0. The Bertz CT molecular complexity index is 410. The normalized spacial score (nSPS) is 27.1. The monoisotopic (exact) mass is 262 g/mol. The minimum atomic E-state index is 0.285. The van der Waals surface area contributed by atoms with Crippen LogP contribution in [0, 0.1) is 0 Å². The van der Waals surface area contributed by atoms with E-state index in [-0.39, 0.29) is 5.91 Å². The average Bonchev–Trinajstić information content (AvgIpc) is 3.14. The second-order valence-corrected chi connectivity index (χ2v) is 5.58. The molecule has 2 saturated heterocycles. The van der Waals surface area contributed by atoms with E-state index in [4.69, 9.17) is 4.42 Å². The van der Waals surface area contributed by atoms with Gasteiger partial charge in [0.25, 0.3) is 0 Å². The Balaban J connectivity index is 1.55. The summed E-state index contributed by atoms with van der Waals surface area (Å²) in [5.74, 6) is 1.19. The molecule has 2 aliphatic rings. The highest BCUT2D eigenvalue weighted by molar-refractivity contribution is 5.77. The lowest BCUT2D eigenvalue weighted by Crippen LogP contribution is -2.46. The standard InChI is InChI=1S/C15H22N2O2/c18-15(8-7-12-4-3-11-19-12)17-10-2-6-14(17)13-5-1-9-16-13/h3-4,11,13-14,16H,1-2,5-10H2. The molecular formula is C15H22N2O2. The van der Waals surface area contributed by atoms with Crippen molar-refractivity contribution in [3.05, 3.63) is 24.2 Å². The lowest BCUT2D eigenvalue weighted by atomic mass is 10.0. The third-order valence-electron chi connectivity index (χ3n) is 4.35. The quantitative estimate of drug-likeness (QED) is 0.902. The second-order valence-electron chi connectivity index (χ2n) is 5.58. The van der Waals surface area contributed by atoms with E-state index in [2.05, 4.69) is 10.2 Å². The molecule has 0 aromatic carbocycles. The van der Waals surface area contributed by atoms with Gasteiger partial charge in [0.2, 0.25) is 5.91 Å². The summed E-state index contributed by atoms with van der Waals surface area (Å²) < 4.78 is 5.29. The van der Waals surface area contributed by atoms with Crippen molar-refractivity contribution in [3.63, 3.8) is 0 Å². The van der Waals surface area contributed by atoms with Crippen LogP contribution in [0.25, 0.3) is 0 Å². The first kappa shape index (κ1) is 12.7. The molecule has 2 atom stereocenters. The van der Waals surface area contributed by atoms with Gasteiger partial charge in [-0.25, -0.2) is 0 Å². The number of aryl methyl sites for hydroxylation is 1. The molecule has 19 heavy (non-hydrogen) atoms. The van der Waals surface area contributed by atoms with Gasteiger partial charge in [-0.1, -0.05) is 0 Å². The summed E-state index contributed by atoms with van der Waals surface area (Å²) in [5, 5.41) is 3.54. The van der Waals surface area contributed by atoms with E-state index < -0.39 is 0 Å². The largest absolute Gasteiger partial charge is 0.469 e. The molecule has 1 aromatic heterocycles. The molecule has 104 valence electrons. The van der Waals surface area contributed by atoms with Crippen LogP contribution in [0.2, 0.25) is 0 Å². The summed E-state index contributed by atoms with van der Waals surface area (Å²) in [6.07, 6.45) is 7.71. The molecule has 1 aromatic rings. The number of nitrogens with zero attached hydrogens (tertiary/aromatic N) is 1. The second kappa shape index (κ2) is 5.78. The average molecular weight is 262 g/mol. The Morgan fingerprint density at radius 3 is 3.11 bits per heavy atom. The molecular weight excluding hydrogens is 240 g/mol. The van der Waals surface area contributed by atoms with Gasteiger partial charge in [0.05, 0.1) is 6.26 Å². The molecule has 4 heteroatoms. The minimum absolute atomic E-state index is 0.285. The van der Waals surface area contributed by atoms with Crippen molar-refractivity contribution in [2.45, 2.75) is 50.6 Å². The van der Waals surface area contributed by atoms with Crippen LogP contribution in [0.3, 0.4) is 0 Å². The van der Waals surface area contributed by atoms with Gasteiger partial charge >= 0.3 is 0 Å². The van der Waals surface area contributed by atoms with E-state index in [9.17, 15) is 4.79 Å². The molecule has 0 saturated carbocycles. The van der Waals surface area contributed by atoms with Crippen LogP contribution in [-0.2, 0) is 11.2 Å². The zero-order valence-electron chi connectivity index (χ0n) is 11.3. The molecule has 0 bridgehead atoms. The van der Waals surface area contributed by atoms with Crippen LogP contribution in [0.4, 0.5) is 0 Å². The van der Waals surface area contributed by atoms with Crippen LogP contribution in [0.1, 0.15) is 37.9 Å². The summed E-state index contributed by atoms with van der Waals surface area (Å²) in [4.78, 5) is 14.5. The predicted octanol–water partition coefficient (Wildman–Crippen LogP) is 1.96. The number of hydrogen-bond acceptors (Lipinski definition) is 3. The van der Waals surface area contributed by atoms with Crippen molar-refractivity contribution in [2.75, 3.05) is 13.1 Å². The SMILES string of the molecule is O=C(CCc1ccco1)N1CCCC1C1CCCN1. The Morgan fingerprint density at radius 1 is 1.42 bits per heavy atom. The first-order valence-corrected chi connectivity index (χ1v) is 7.40. The number of carbonyl (C=O) groups is 1. The summed E-state index contributed by atoms with van der Waals surface area (Å²) in [6.45, 7) is 2.04. The molecule has 0 radical (unpaired) electrons. The first-order valence-electron chi connectivity index (χ1n) is 7.40. The number of likely N-dealkylation sites (tertiary alicyclic amines) is 1. The van der Waals surface area contributed by atoms with Gasteiger partial charge in [-0.15, -0.1) is 0 Å². The number of amides is 1. The molecule has 0 spiro atoms. The molecule has 3 rings (SSSR count). The number of nitrogens with one attached hydrogen (secondary N) is 1. The van der Waals surface area contributed by atoms with Gasteiger partial charge in [0, 0.05) is 31.5 Å². The molecule has 1 N–H and O–H groups in total. The highest BCUT2D eigenvalue weighted by Crippen LogP contribution is 2.25. The third-order valence-corrected chi connectivity index (χ3v) is 4.35. The van der Waals surface area contributed by atoms with Crippen molar-refractivity contribution in [1.82, 2.24) is 10.2 Å². The topological polar surface area (TPSA) is 45.5 Å². The summed E-state index contributed by atoms with van der Waals surface area (Å²) in [5.41, 5.74) is 0. The van der Waals surface area contributed by atoms with Crippen LogP contribution >= 0.6 is 0 Å². The molecule has 0 aliphatic carbocycles. The molecule has 2 fully saturated rings. The molecule has 2 aliphatic heterocycles. The summed E-state index contributed by atoms with van der Waals surface area (Å²) >= 11 is 0. The Morgan fingerprint density at radius 2 is 2.37 bits per heavy atom. The zero-order valence-corrected chi connectivity index (χ0v) is 11.3. The van der Waals surface area contributed by atoms with E-state index in [1.54, 1.807) is 6.26 Å². The van der Waals surface area contributed by atoms with Crippen LogP contribution in [-0.4, -0.2) is 36.0 Å². The smallest absolute Gasteiger partial charge is 0.223 e. The Hall–Kier alpha value is -1.29. The minimum Gasteiger partial charge on any atom is -0.469 e. The van der Waals surface area contributed by atoms with Gasteiger partial charge in [-0.05, 0) is 44.4 Å². The lowest BCUT2D eigenvalue weighted by molar-refractivity contribution is -0.132. The van der Waals surface area contributed by atoms with E-state index in [0.29, 0.717) is 24.9 Å². The number of rotatable bonds is 4. The fraction of sp³-hybridized carbons (Fsp3) is 0.667. The fourth-order valence-electron chi connectivity index (χ4n) is 3.39. The van der Waals surface area contributed by atoms with Crippen molar-refractivity contribution in [2.24, 2.45) is 0 Å². The highest BCUT2D eigenvalue weighted by atomic mass is 16.3. The molecule has 3 heterocycles. The molecule has 4 nitrogen and oxygen atoms in total.